The zero-order valence-corrected chi connectivity index (χ0v) is 26.1. The molecule has 0 spiro atoms. The number of rotatable bonds is 13. The Bertz CT molecular complexity index is 1400. The molecule has 2 heterocycles. The first-order valence-electron chi connectivity index (χ1n) is 12.8. The van der Waals surface area contributed by atoms with Gasteiger partial charge in [-0.15, -0.1) is 0 Å². The highest BCUT2D eigenvalue weighted by molar-refractivity contribution is 9.11. The molecule has 1 aliphatic rings. The number of guanidine groups is 1. The van der Waals surface area contributed by atoms with Crippen molar-refractivity contribution in [1.82, 2.24) is 20.5 Å². The maximum Gasteiger partial charge on any atom is 0.276 e. The van der Waals surface area contributed by atoms with Gasteiger partial charge >= 0.3 is 0 Å². The van der Waals surface area contributed by atoms with Crippen LogP contribution in [0.5, 0.6) is 5.75 Å². The Morgan fingerprint density at radius 2 is 2.00 bits per heavy atom. The van der Waals surface area contributed by atoms with Gasteiger partial charge in [0.1, 0.15) is 24.0 Å². The van der Waals surface area contributed by atoms with Crippen LogP contribution in [0.25, 0.3) is 0 Å². The summed E-state index contributed by atoms with van der Waals surface area (Å²) in [6.07, 6.45) is 0.547. The molecule has 6 N–H and O–H groups in total. The van der Waals surface area contributed by atoms with Crippen LogP contribution in [-0.4, -0.2) is 84.4 Å². The number of hydrogen-bond donors (Lipinski definition) is 6. The quantitative estimate of drug-likeness (QED) is 0.163. The third-order valence-corrected chi connectivity index (χ3v) is 6.96. The van der Waals surface area contributed by atoms with Crippen LogP contribution in [0.1, 0.15) is 35.3 Å². The lowest BCUT2D eigenvalue weighted by atomic mass is 10.0. The van der Waals surface area contributed by atoms with Gasteiger partial charge in [0.25, 0.3) is 11.5 Å². The van der Waals surface area contributed by atoms with Crippen LogP contribution in [0.15, 0.2) is 43.1 Å². The summed E-state index contributed by atoms with van der Waals surface area (Å²) in [7, 11) is 1.51. The molecule has 1 aromatic carbocycles. The van der Waals surface area contributed by atoms with Crippen molar-refractivity contribution in [2.24, 2.45) is 4.99 Å². The average molecular weight is 716 g/mol. The molecule has 2 aromatic rings. The summed E-state index contributed by atoms with van der Waals surface area (Å²) in [5, 5.41) is 31.0. The van der Waals surface area contributed by atoms with Crippen molar-refractivity contribution in [2.75, 3.05) is 45.3 Å². The van der Waals surface area contributed by atoms with Crippen molar-refractivity contribution in [1.29, 1.82) is 0 Å². The maximum absolute atomic E-state index is 13.1. The zero-order chi connectivity index (χ0) is 30.8. The number of phenolic OH excluding ortho intramolecular Hbond substituents is 1. The van der Waals surface area contributed by atoms with E-state index in [1.165, 1.54) is 30.9 Å². The van der Waals surface area contributed by atoms with Gasteiger partial charge in [0.15, 0.2) is 5.96 Å². The molecular weight excluding hydrogens is 684 g/mol. The van der Waals surface area contributed by atoms with Crippen LogP contribution in [-0.2, 0) is 25.8 Å². The predicted molar refractivity (Wildman–Crippen MR) is 160 cm³/mol. The minimum Gasteiger partial charge on any atom is -0.506 e. The molecule has 2 atom stereocenters. The number of nitrogens with zero attached hydrogens (tertiary/aromatic N) is 2. The van der Waals surface area contributed by atoms with Crippen molar-refractivity contribution in [2.45, 2.75) is 32.2 Å². The van der Waals surface area contributed by atoms with E-state index in [9.17, 15) is 29.4 Å². The van der Waals surface area contributed by atoms with Gasteiger partial charge < -0.3 is 41.0 Å². The molecule has 14 nitrogen and oxygen atoms in total. The van der Waals surface area contributed by atoms with Gasteiger partial charge in [0.2, 0.25) is 5.91 Å². The minimum absolute atomic E-state index is 0.0160. The Morgan fingerprint density at radius 1 is 1.24 bits per heavy atom. The van der Waals surface area contributed by atoms with Crippen LogP contribution < -0.4 is 26.8 Å². The number of Topliss-reactive ketones (excluding diaryl/α,β-unsaturated/α-hetero) is 1. The Morgan fingerprint density at radius 3 is 2.67 bits per heavy atom. The zero-order valence-electron chi connectivity index (χ0n) is 22.9. The van der Waals surface area contributed by atoms with Crippen LogP contribution in [0, 0.1) is 0 Å². The van der Waals surface area contributed by atoms with E-state index in [0.717, 1.165) is 0 Å². The van der Waals surface area contributed by atoms with Gasteiger partial charge in [0, 0.05) is 36.3 Å². The van der Waals surface area contributed by atoms with E-state index >= 15 is 0 Å². The number of benzene rings is 1. The highest BCUT2D eigenvalue weighted by Gasteiger charge is 2.23. The predicted octanol–water partition coefficient (Wildman–Crippen LogP) is 0.998. The smallest absolute Gasteiger partial charge is 0.276 e. The molecule has 0 saturated carbocycles. The van der Waals surface area contributed by atoms with E-state index in [2.05, 4.69) is 58.1 Å². The summed E-state index contributed by atoms with van der Waals surface area (Å²) < 4.78 is 12.6. The molecule has 0 aliphatic carbocycles. The number of aliphatic imine (C=N–C) groups is 1. The van der Waals surface area contributed by atoms with Gasteiger partial charge in [0.05, 0.1) is 48.5 Å². The Labute approximate surface area is 258 Å². The van der Waals surface area contributed by atoms with E-state index < -0.39 is 36.1 Å². The number of amides is 2. The summed E-state index contributed by atoms with van der Waals surface area (Å²) in [4.78, 5) is 55.0. The second-order valence-corrected chi connectivity index (χ2v) is 11.1. The topological polar surface area (TPSA) is 193 Å². The highest BCUT2D eigenvalue weighted by atomic mass is 79.9. The first-order chi connectivity index (χ1) is 20.0. The van der Waals surface area contributed by atoms with Crippen molar-refractivity contribution >= 4 is 61.1 Å². The van der Waals surface area contributed by atoms with Crippen molar-refractivity contribution in [3.63, 3.8) is 0 Å². The number of pyridine rings is 1. The number of aromatic nitrogens is 1. The molecular formula is C26H32Br2N6O8. The fraction of sp³-hybridized carbons (Fsp3) is 0.423. The number of methoxy groups -OCH3 is 1. The lowest BCUT2D eigenvalue weighted by Crippen LogP contribution is -2.43. The molecule has 2 unspecified atom stereocenters. The van der Waals surface area contributed by atoms with Crippen LogP contribution >= 0.6 is 31.9 Å². The standard InChI is InChI=1S/C26H32Br2N6O8/c1-14(35)5-20(18-7-16(27)8-19(28)23(18)38)32-22(37)11-29-24(39)15-6-21(33-26-30-9-17(36)10-31-26)25(40)34(12-15)13-42-4-3-41-2/h6-8,12,17,20,36,38H,3-5,9-11,13H2,1-2H3,(H,29,39)(H,32,37)(H2,30,31,33). The molecule has 0 fully saturated rings. The number of ether oxygens (including phenoxy) is 2. The number of hydrogen-bond acceptors (Lipinski definition) is 11. The number of nitrogens with one attached hydrogen (secondary N) is 4. The van der Waals surface area contributed by atoms with Crippen molar-refractivity contribution < 1.29 is 34.1 Å². The van der Waals surface area contributed by atoms with Crippen LogP contribution in [0.3, 0.4) is 0 Å². The lowest BCUT2D eigenvalue weighted by Gasteiger charge is -2.21. The minimum atomic E-state index is -0.857. The summed E-state index contributed by atoms with van der Waals surface area (Å²) in [6, 6.07) is 3.67. The number of carbonyl (C=O) groups is 3. The lowest BCUT2D eigenvalue weighted by molar-refractivity contribution is -0.121. The summed E-state index contributed by atoms with van der Waals surface area (Å²) >= 11 is 6.58. The number of aliphatic hydroxyl groups is 1. The van der Waals surface area contributed by atoms with E-state index in [1.807, 2.05) is 0 Å². The maximum atomic E-state index is 13.1. The molecule has 42 heavy (non-hydrogen) atoms. The Hall–Kier alpha value is -3.31. The number of aromatic hydroxyl groups is 1. The highest BCUT2D eigenvalue weighted by Crippen LogP contribution is 2.36. The molecule has 0 bridgehead atoms. The van der Waals surface area contributed by atoms with E-state index in [4.69, 9.17) is 9.47 Å². The number of β-amino-alcohol motifs (C(OH)–C–C–N with tert-alkyl or cyclic N) is 1. The SMILES string of the molecule is COCCOCn1cc(C(=O)NCC(=O)NC(CC(C)=O)c2cc(Br)cc(Br)c2O)cc(NC2=NCC(O)CN2)c1=O. The molecule has 3 rings (SSSR count). The van der Waals surface area contributed by atoms with E-state index in [1.54, 1.807) is 12.1 Å². The number of phenols is 1. The van der Waals surface area contributed by atoms with Crippen LogP contribution in [0.2, 0.25) is 0 Å². The molecule has 1 aromatic heterocycles. The number of halogens is 2. The molecule has 1 aliphatic heterocycles. The summed E-state index contributed by atoms with van der Waals surface area (Å²) in [6.45, 7) is 1.61. The number of ketones is 1. The summed E-state index contributed by atoms with van der Waals surface area (Å²) in [5.74, 6) is -1.38. The normalized spacial score (nSPS) is 15.3. The van der Waals surface area contributed by atoms with Gasteiger partial charge in [-0.2, -0.15) is 0 Å². The summed E-state index contributed by atoms with van der Waals surface area (Å²) in [5.41, 5.74) is -0.119. The first-order valence-corrected chi connectivity index (χ1v) is 14.4. The van der Waals surface area contributed by atoms with Gasteiger partial charge in [-0.25, -0.2) is 0 Å². The van der Waals surface area contributed by atoms with Gasteiger partial charge in [-0.3, -0.25) is 28.7 Å². The Kier molecular flexibility index (Phi) is 12.5. The molecule has 0 saturated heterocycles. The fourth-order valence-corrected chi connectivity index (χ4v) is 5.14. The van der Waals surface area contributed by atoms with E-state index in [-0.39, 0.29) is 61.6 Å². The number of carbonyl (C=O) groups excluding carboxylic acids is 3. The second-order valence-electron chi connectivity index (χ2n) is 9.33. The molecule has 228 valence electrons. The van der Waals surface area contributed by atoms with Gasteiger partial charge in [-0.1, -0.05) is 15.9 Å². The third kappa shape index (κ3) is 9.62. The first kappa shape index (κ1) is 33.2. The van der Waals surface area contributed by atoms with E-state index in [0.29, 0.717) is 21.1 Å². The number of aliphatic hydroxyl groups excluding tert-OH is 1. The van der Waals surface area contributed by atoms with Crippen molar-refractivity contribution in [3.05, 3.63) is 54.8 Å². The Balaban J connectivity index is 1.76. The molecule has 2 amide bonds. The second kappa shape index (κ2) is 15.8. The van der Waals surface area contributed by atoms with Crippen molar-refractivity contribution in [3.8, 4) is 5.75 Å². The molecule has 16 heteroatoms. The monoisotopic (exact) mass is 714 g/mol. The fourth-order valence-electron chi connectivity index (χ4n) is 3.88. The average Bonchev–Trinajstić information content (AvgIpc) is 2.94. The van der Waals surface area contributed by atoms with Gasteiger partial charge in [-0.05, 0) is 41.1 Å². The van der Waals surface area contributed by atoms with Crippen LogP contribution in [0.4, 0.5) is 5.69 Å². The third-order valence-electron chi connectivity index (χ3n) is 5.90. The molecule has 0 radical (unpaired) electrons. The largest absolute Gasteiger partial charge is 0.506 e. The number of anilines is 1.